The van der Waals surface area contributed by atoms with Crippen LogP contribution in [0.2, 0.25) is 5.02 Å². The van der Waals surface area contributed by atoms with Crippen molar-refractivity contribution in [3.8, 4) is 5.88 Å². The van der Waals surface area contributed by atoms with Crippen LogP contribution in [0.25, 0.3) is 0 Å². The molecule has 1 heterocycles. The molecule has 0 aliphatic carbocycles. The average Bonchev–Trinajstić information content (AvgIpc) is 2.42. The molecule has 6 heteroatoms. The number of anilines is 2. The molecule has 0 saturated heterocycles. The highest BCUT2D eigenvalue weighted by molar-refractivity contribution is 7.80. The Balaban J connectivity index is 1.95. The Morgan fingerprint density at radius 2 is 1.74 bits per heavy atom. The Morgan fingerprint density at radius 3 is 2.32 bits per heavy atom. The summed E-state index contributed by atoms with van der Waals surface area (Å²) < 4.78 is 4.98. The molecule has 0 atom stereocenters. The van der Waals surface area contributed by atoms with Crippen molar-refractivity contribution in [1.29, 1.82) is 0 Å². The van der Waals surface area contributed by atoms with Crippen LogP contribution in [-0.4, -0.2) is 17.2 Å². The van der Waals surface area contributed by atoms with Crippen LogP contribution in [0.4, 0.5) is 11.4 Å². The Kier molecular flexibility index (Phi) is 4.54. The van der Waals surface area contributed by atoms with Gasteiger partial charge in [0.2, 0.25) is 5.88 Å². The van der Waals surface area contributed by atoms with Gasteiger partial charge >= 0.3 is 0 Å². The fourth-order valence-electron chi connectivity index (χ4n) is 1.40. The molecule has 98 valence electrons. The Bertz CT molecular complexity index is 557. The molecule has 0 spiro atoms. The number of nitrogens with zero attached hydrogens (tertiary/aromatic N) is 1. The number of ether oxygens (including phenoxy) is 1. The minimum Gasteiger partial charge on any atom is -0.481 e. The number of benzene rings is 1. The van der Waals surface area contributed by atoms with E-state index in [0.29, 0.717) is 16.0 Å². The van der Waals surface area contributed by atoms with Crippen LogP contribution >= 0.6 is 23.8 Å². The summed E-state index contributed by atoms with van der Waals surface area (Å²) in [6, 6.07) is 10.9. The zero-order chi connectivity index (χ0) is 13.7. The second kappa shape index (κ2) is 6.36. The minimum absolute atomic E-state index is 0.481. The third-order valence-corrected chi connectivity index (χ3v) is 2.76. The molecular weight excluding hydrogens is 282 g/mol. The summed E-state index contributed by atoms with van der Waals surface area (Å²) >= 11 is 11.0. The summed E-state index contributed by atoms with van der Waals surface area (Å²) in [6.45, 7) is 0. The molecule has 2 aromatic rings. The molecule has 2 rings (SSSR count). The van der Waals surface area contributed by atoms with Gasteiger partial charge in [-0.25, -0.2) is 4.98 Å². The number of halogens is 1. The first kappa shape index (κ1) is 13.6. The van der Waals surface area contributed by atoms with E-state index in [-0.39, 0.29) is 0 Å². The summed E-state index contributed by atoms with van der Waals surface area (Å²) in [4.78, 5) is 4.08. The Labute approximate surface area is 121 Å². The highest BCUT2D eigenvalue weighted by Crippen LogP contribution is 2.15. The number of aromatic nitrogens is 1. The van der Waals surface area contributed by atoms with Crippen LogP contribution in [0, 0.1) is 0 Å². The first-order chi connectivity index (χ1) is 9.17. The van der Waals surface area contributed by atoms with Gasteiger partial charge in [-0.2, -0.15) is 0 Å². The molecule has 1 aromatic carbocycles. The second-order valence-electron chi connectivity index (χ2n) is 3.68. The maximum absolute atomic E-state index is 5.81. The van der Waals surface area contributed by atoms with E-state index >= 15 is 0 Å². The molecular formula is C13H12ClN3OS. The number of thiocarbonyl (C=S) groups is 1. The zero-order valence-corrected chi connectivity index (χ0v) is 11.8. The molecule has 0 radical (unpaired) electrons. The van der Waals surface area contributed by atoms with Gasteiger partial charge < -0.3 is 15.4 Å². The zero-order valence-electron chi connectivity index (χ0n) is 10.2. The molecule has 2 N–H and O–H groups in total. The lowest BCUT2D eigenvalue weighted by atomic mass is 10.3. The molecule has 0 aliphatic rings. The SMILES string of the molecule is COc1ccc(NC(=S)Nc2ccc(Cl)cc2)cn1. The molecule has 0 unspecified atom stereocenters. The van der Waals surface area contributed by atoms with Gasteiger partial charge in [0, 0.05) is 16.8 Å². The van der Waals surface area contributed by atoms with E-state index in [0.717, 1.165) is 11.4 Å². The van der Waals surface area contributed by atoms with Gasteiger partial charge in [0.15, 0.2) is 5.11 Å². The van der Waals surface area contributed by atoms with Crippen LogP contribution in [0.1, 0.15) is 0 Å². The fourth-order valence-corrected chi connectivity index (χ4v) is 1.76. The van der Waals surface area contributed by atoms with E-state index in [4.69, 9.17) is 28.6 Å². The predicted molar refractivity (Wildman–Crippen MR) is 82.1 cm³/mol. The summed E-state index contributed by atoms with van der Waals surface area (Å²) in [7, 11) is 1.57. The van der Waals surface area contributed by atoms with Crippen molar-refractivity contribution in [3.63, 3.8) is 0 Å². The Hall–Kier alpha value is -1.85. The standard InChI is InChI=1S/C13H12ClN3OS/c1-18-12-7-6-11(8-15-12)17-13(19)16-10-4-2-9(14)3-5-10/h2-8H,1H3,(H2,16,17,19). The smallest absolute Gasteiger partial charge is 0.213 e. The van der Waals surface area contributed by atoms with Crippen molar-refractivity contribution in [2.75, 3.05) is 17.7 Å². The number of methoxy groups -OCH3 is 1. The summed E-state index contributed by atoms with van der Waals surface area (Å²) in [5.41, 5.74) is 1.65. The monoisotopic (exact) mass is 293 g/mol. The quantitative estimate of drug-likeness (QED) is 0.848. The van der Waals surface area contributed by atoms with Crippen LogP contribution in [0.15, 0.2) is 42.6 Å². The van der Waals surface area contributed by atoms with E-state index in [2.05, 4.69) is 15.6 Å². The van der Waals surface area contributed by atoms with E-state index in [1.54, 1.807) is 31.5 Å². The normalized spacial score (nSPS) is 9.79. The number of hydrogen-bond donors (Lipinski definition) is 2. The first-order valence-corrected chi connectivity index (χ1v) is 6.29. The van der Waals surface area contributed by atoms with E-state index in [1.165, 1.54) is 0 Å². The van der Waals surface area contributed by atoms with Crippen molar-refractivity contribution in [1.82, 2.24) is 4.98 Å². The van der Waals surface area contributed by atoms with Crippen molar-refractivity contribution >= 4 is 40.3 Å². The summed E-state index contributed by atoms with van der Waals surface area (Å²) in [5.74, 6) is 0.558. The molecule has 19 heavy (non-hydrogen) atoms. The van der Waals surface area contributed by atoms with Crippen molar-refractivity contribution in [2.24, 2.45) is 0 Å². The summed E-state index contributed by atoms with van der Waals surface area (Å²) in [5, 5.41) is 7.24. The number of pyridine rings is 1. The topological polar surface area (TPSA) is 46.2 Å². The fraction of sp³-hybridized carbons (Fsp3) is 0.0769. The highest BCUT2D eigenvalue weighted by atomic mass is 35.5. The van der Waals surface area contributed by atoms with Gasteiger partial charge in [-0.1, -0.05) is 11.6 Å². The van der Waals surface area contributed by atoms with E-state index < -0.39 is 0 Å². The Morgan fingerprint density at radius 1 is 1.11 bits per heavy atom. The molecule has 0 bridgehead atoms. The average molecular weight is 294 g/mol. The minimum atomic E-state index is 0.481. The molecule has 1 aromatic heterocycles. The number of rotatable bonds is 3. The van der Waals surface area contributed by atoms with E-state index in [9.17, 15) is 0 Å². The second-order valence-corrected chi connectivity index (χ2v) is 4.52. The lowest BCUT2D eigenvalue weighted by molar-refractivity contribution is 0.398. The number of hydrogen-bond acceptors (Lipinski definition) is 3. The van der Waals surface area contributed by atoms with Crippen molar-refractivity contribution in [3.05, 3.63) is 47.6 Å². The van der Waals surface area contributed by atoms with Crippen molar-refractivity contribution in [2.45, 2.75) is 0 Å². The maximum Gasteiger partial charge on any atom is 0.213 e. The molecule has 0 aliphatic heterocycles. The van der Waals surface area contributed by atoms with Crippen LogP contribution in [0.5, 0.6) is 5.88 Å². The molecule has 0 amide bonds. The van der Waals surface area contributed by atoms with Gasteiger partial charge in [-0.3, -0.25) is 0 Å². The first-order valence-electron chi connectivity index (χ1n) is 5.51. The lowest BCUT2D eigenvalue weighted by Crippen LogP contribution is -2.19. The third-order valence-electron chi connectivity index (χ3n) is 2.31. The molecule has 0 fully saturated rings. The number of nitrogens with one attached hydrogen (secondary N) is 2. The maximum atomic E-state index is 5.81. The van der Waals surface area contributed by atoms with Crippen LogP contribution in [-0.2, 0) is 0 Å². The predicted octanol–water partition coefficient (Wildman–Crippen LogP) is 3.55. The van der Waals surface area contributed by atoms with E-state index in [1.807, 2.05) is 18.2 Å². The van der Waals surface area contributed by atoms with Crippen molar-refractivity contribution < 1.29 is 4.74 Å². The van der Waals surface area contributed by atoms with Gasteiger partial charge in [-0.15, -0.1) is 0 Å². The molecule has 4 nitrogen and oxygen atoms in total. The van der Waals surface area contributed by atoms with Crippen LogP contribution in [0.3, 0.4) is 0 Å². The van der Waals surface area contributed by atoms with Gasteiger partial charge in [-0.05, 0) is 42.5 Å². The largest absolute Gasteiger partial charge is 0.481 e. The van der Waals surface area contributed by atoms with Gasteiger partial charge in [0.1, 0.15) is 0 Å². The molecule has 0 saturated carbocycles. The van der Waals surface area contributed by atoms with Crippen LogP contribution < -0.4 is 15.4 Å². The lowest BCUT2D eigenvalue weighted by Gasteiger charge is -2.10. The third kappa shape index (κ3) is 4.08. The highest BCUT2D eigenvalue weighted by Gasteiger charge is 2.00. The summed E-state index contributed by atoms with van der Waals surface area (Å²) in [6.07, 6.45) is 1.65. The van der Waals surface area contributed by atoms with Gasteiger partial charge in [0.05, 0.1) is 19.0 Å². The van der Waals surface area contributed by atoms with Gasteiger partial charge in [0.25, 0.3) is 0 Å².